The Morgan fingerprint density at radius 1 is 1.22 bits per heavy atom. The summed E-state index contributed by atoms with van der Waals surface area (Å²) in [5.74, 6) is 1.08. The second kappa shape index (κ2) is 6.16. The fourth-order valence-electron chi connectivity index (χ4n) is 2.33. The van der Waals surface area contributed by atoms with Gasteiger partial charge in [0.1, 0.15) is 5.82 Å². The van der Waals surface area contributed by atoms with Crippen LogP contribution in [0.5, 0.6) is 0 Å². The molecule has 100 valence electrons. The van der Waals surface area contributed by atoms with E-state index in [2.05, 4.69) is 40.8 Å². The minimum Gasteiger partial charge on any atom is -0.354 e. The molecule has 2 rings (SSSR count). The van der Waals surface area contributed by atoms with E-state index in [1.165, 1.54) is 0 Å². The van der Waals surface area contributed by atoms with Gasteiger partial charge in [-0.15, -0.1) is 0 Å². The Morgan fingerprint density at radius 2 is 1.94 bits per heavy atom. The van der Waals surface area contributed by atoms with Crippen LogP contribution in [0.4, 0.5) is 5.82 Å². The zero-order valence-electron chi connectivity index (χ0n) is 11.5. The molecule has 0 unspecified atom stereocenters. The molecule has 1 aliphatic rings. The van der Waals surface area contributed by atoms with Crippen LogP contribution in [0.25, 0.3) is 0 Å². The van der Waals surface area contributed by atoms with Gasteiger partial charge in [-0.2, -0.15) is 0 Å². The van der Waals surface area contributed by atoms with E-state index in [9.17, 15) is 0 Å². The van der Waals surface area contributed by atoms with Crippen molar-refractivity contribution in [3.05, 3.63) is 23.9 Å². The van der Waals surface area contributed by atoms with Gasteiger partial charge in [0.15, 0.2) is 0 Å². The number of pyridine rings is 1. The largest absolute Gasteiger partial charge is 0.354 e. The number of aromatic nitrogens is 1. The lowest BCUT2D eigenvalue weighted by atomic mass is 10.1. The number of hydrogen-bond donors (Lipinski definition) is 1. The Kier molecular flexibility index (Phi) is 4.55. The highest BCUT2D eigenvalue weighted by Gasteiger charge is 2.16. The third kappa shape index (κ3) is 3.00. The van der Waals surface area contributed by atoms with Gasteiger partial charge < -0.3 is 15.5 Å². The molecule has 4 nitrogen and oxygen atoms in total. The summed E-state index contributed by atoms with van der Waals surface area (Å²) in [5.41, 5.74) is 7.13. The molecule has 1 aromatic rings. The number of nitrogens with zero attached hydrogens (tertiary/aromatic N) is 3. The summed E-state index contributed by atoms with van der Waals surface area (Å²) in [6, 6.07) is 4.33. The predicted octanol–water partition coefficient (Wildman–Crippen LogP) is 1.63. The van der Waals surface area contributed by atoms with Crippen LogP contribution in [0.1, 0.15) is 31.9 Å². The third-order valence-electron chi connectivity index (χ3n) is 3.78. The van der Waals surface area contributed by atoms with Gasteiger partial charge >= 0.3 is 0 Å². The lowest BCUT2D eigenvalue weighted by Gasteiger charge is -2.34. The van der Waals surface area contributed by atoms with Crippen molar-refractivity contribution in [3.63, 3.8) is 0 Å². The van der Waals surface area contributed by atoms with Crippen molar-refractivity contribution in [1.82, 2.24) is 9.88 Å². The van der Waals surface area contributed by atoms with Crippen LogP contribution in [0.2, 0.25) is 0 Å². The molecule has 4 heteroatoms. The standard InChI is InChI=1S/C14H24N4/c1-3-13(15)12-5-6-14(16-11-12)18-9-7-17(4-2)8-10-18/h5-6,11,13H,3-4,7-10,15H2,1-2H3/t13-/m0/s1. The first-order chi connectivity index (χ1) is 8.74. The number of rotatable bonds is 4. The minimum atomic E-state index is 0.114. The molecule has 1 atom stereocenters. The summed E-state index contributed by atoms with van der Waals surface area (Å²) in [7, 11) is 0. The fourth-order valence-corrected chi connectivity index (χ4v) is 2.33. The van der Waals surface area contributed by atoms with Gasteiger partial charge in [-0.05, 0) is 24.6 Å². The molecule has 2 N–H and O–H groups in total. The van der Waals surface area contributed by atoms with E-state index in [1.807, 2.05) is 6.20 Å². The molecular formula is C14H24N4. The highest BCUT2D eigenvalue weighted by Crippen LogP contribution is 2.17. The molecule has 0 amide bonds. The number of hydrogen-bond acceptors (Lipinski definition) is 4. The van der Waals surface area contributed by atoms with Crippen LogP contribution in [-0.4, -0.2) is 42.6 Å². The van der Waals surface area contributed by atoms with Gasteiger partial charge in [-0.25, -0.2) is 4.98 Å². The normalized spacial score (nSPS) is 18.9. The highest BCUT2D eigenvalue weighted by molar-refractivity contribution is 5.40. The average molecular weight is 248 g/mol. The molecule has 18 heavy (non-hydrogen) atoms. The van der Waals surface area contributed by atoms with Crippen LogP contribution in [0.15, 0.2) is 18.3 Å². The summed E-state index contributed by atoms with van der Waals surface area (Å²) in [6.45, 7) is 9.87. The molecule has 1 saturated heterocycles. The maximum atomic E-state index is 6.00. The molecule has 2 heterocycles. The van der Waals surface area contributed by atoms with E-state index in [4.69, 9.17) is 5.73 Å². The Morgan fingerprint density at radius 3 is 2.44 bits per heavy atom. The van der Waals surface area contributed by atoms with Crippen molar-refractivity contribution in [2.24, 2.45) is 5.73 Å². The van der Waals surface area contributed by atoms with Crippen molar-refractivity contribution >= 4 is 5.82 Å². The number of piperazine rings is 1. The molecular weight excluding hydrogens is 224 g/mol. The van der Waals surface area contributed by atoms with Gasteiger partial charge in [-0.3, -0.25) is 0 Å². The maximum Gasteiger partial charge on any atom is 0.128 e. The first-order valence-corrected chi connectivity index (χ1v) is 6.93. The van der Waals surface area contributed by atoms with Gasteiger partial charge in [0.2, 0.25) is 0 Å². The number of nitrogens with two attached hydrogens (primary N) is 1. The molecule has 0 aliphatic carbocycles. The van der Waals surface area contributed by atoms with E-state index in [-0.39, 0.29) is 6.04 Å². The first-order valence-electron chi connectivity index (χ1n) is 6.93. The van der Waals surface area contributed by atoms with E-state index < -0.39 is 0 Å². The van der Waals surface area contributed by atoms with Gasteiger partial charge in [0.25, 0.3) is 0 Å². The van der Waals surface area contributed by atoms with Crippen LogP contribution < -0.4 is 10.6 Å². The van der Waals surface area contributed by atoms with Crippen molar-refractivity contribution in [3.8, 4) is 0 Å². The average Bonchev–Trinajstić information content (AvgIpc) is 2.47. The van der Waals surface area contributed by atoms with Gasteiger partial charge in [0.05, 0.1) is 0 Å². The second-order valence-corrected chi connectivity index (χ2v) is 4.89. The molecule has 0 spiro atoms. The zero-order valence-corrected chi connectivity index (χ0v) is 11.5. The molecule has 0 saturated carbocycles. The van der Waals surface area contributed by atoms with Crippen LogP contribution >= 0.6 is 0 Å². The molecule has 0 bridgehead atoms. The van der Waals surface area contributed by atoms with Crippen LogP contribution in [-0.2, 0) is 0 Å². The van der Waals surface area contributed by atoms with Crippen molar-refractivity contribution in [2.45, 2.75) is 26.3 Å². The summed E-state index contributed by atoms with van der Waals surface area (Å²) in [4.78, 5) is 9.37. The van der Waals surface area contributed by atoms with Crippen LogP contribution in [0, 0.1) is 0 Å². The Labute approximate surface area is 110 Å². The molecule has 0 aromatic carbocycles. The molecule has 1 aliphatic heterocycles. The van der Waals surface area contributed by atoms with Crippen LogP contribution in [0.3, 0.4) is 0 Å². The van der Waals surface area contributed by atoms with Crippen molar-refractivity contribution in [1.29, 1.82) is 0 Å². The third-order valence-corrected chi connectivity index (χ3v) is 3.78. The summed E-state index contributed by atoms with van der Waals surface area (Å²) < 4.78 is 0. The van der Waals surface area contributed by atoms with E-state index in [0.717, 1.165) is 50.5 Å². The van der Waals surface area contributed by atoms with Gasteiger partial charge in [0, 0.05) is 38.4 Å². The van der Waals surface area contributed by atoms with Gasteiger partial charge in [-0.1, -0.05) is 19.9 Å². The first kappa shape index (κ1) is 13.3. The highest BCUT2D eigenvalue weighted by atomic mass is 15.3. The lowest BCUT2D eigenvalue weighted by Crippen LogP contribution is -2.46. The summed E-state index contributed by atoms with van der Waals surface area (Å²) in [6.07, 6.45) is 2.88. The van der Waals surface area contributed by atoms with E-state index in [0.29, 0.717) is 0 Å². The van der Waals surface area contributed by atoms with E-state index >= 15 is 0 Å². The maximum absolute atomic E-state index is 6.00. The topological polar surface area (TPSA) is 45.4 Å². The smallest absolute Gasteiger partial charge is 0.128 e. The quantitative estimate of drug-likeness (QED) is 0.880. The summed E-state index contributed by atoms with van der Waals surface area (Å²) >= 11 is 0. The van der Waals surface area contributed by atoms with Crippen molar-refractivity contribution < 1.29 is 0 Å². The molecule has 1 aromatic heterocycles. The lowest BCUT2D eigenvalue weighted by molar-refractivity contribution is 0.270. The van der Waals surface area contributed by atoms with E-state index in [1.54, 1.807) is 0 Å². The minimum absolute atomic E-state index is 0.114. The SMILES string of the molecule is CC[C@H](N)c1ccc(N2CCN(CC)CC2)nc1. The van der Waals surface area contributed by atoms with Crippen molar-refractivity contribution in [2.75, 3.05) is 37.6 Å². The fraction of sp³-hybridized carbons (Fsp3) is 0.643. The predicted molar refractivity (Wildman–Crippen MR) is 75.8 cm³/mol. The zero-order chi connectivity index (χ0) is 13.0. The monoisotopic (exact) mass is 248 g/mol. The Hall–Kier alpha value is -1.13. The second-order valence-electron chi connectivity index (χ2n) is 4.89. The Bertz CT molecular complexity index is 355. The Balaban J connectivity index is 1.98. The number of anilines is 1. The molecule has 0 radical (unpaired) electrons. The number of likely N-dealkylation sites (N-methyl/N-ethyl adjacent to an activating group) is 1. The molecule has 1 fully saturated rings. The summed E-state index contributed by atoms with van der Waals surface area (Å²) in [5, 5.41) is 0.